The van der Waals surface area contributed by atoms with E-state index in [2.05, 4.69) is 0 Å². The van der Waals surface area contributed by atoms with E-state index in [1.807, 2.05) is 0 Å². The molecule has 0 heterocycles. The first-order valence-electron chi connectivity index (χ1n) is 5.58. The molecule has 10 heteroatoms. The van der Waals surface area contributed by atoms with E-state index in [0.717, 1.165) is 6.07 Å². The highest BCUT2D eigenvalue weighted by molar-refractivity contribution is 7.92. The third-order valence-corrected chi connectivity index (χ3v) is 4.82. The molecule has 2 N–H and O–H groups in total. The number of alkyl halides is 6. The van der Waals surface area contributed by atoms with Crippen LogP contribution in [0.25, 0.3) is 0 Å². The highest BCUT2D eigenvalue weighted by Gasteiger charge is 2.48. The van der Waals surface area contributed by atoms with Crippen molar-refractivity contribution in [3.05, 3.63) is 29.8 Å². The van der Waals surface area contributed by atoms with Gasteiger partial charge in [0.15, 0.2) is 15.1 Å². The zero-order valence-electron chi connectivity index (χ0n) is 10.4. The molecule has 0 aliphatic carbocycles. The van der Waals surface area contributed by atoms with Gasteiger partial charge in [0.1, 0.15) is 0 Å². The van der Waals surface area contributed by atoms with Gasteiger partial charge in [0.25, 0.3) is 0 Å². The zero-order valence-corrected chi connectivity index (χ0v) is 11.2. The highest BCUT2D eigenvalue weighted by atomic mass is 32.2. The molecule has 1 aromatic carbocycles. The number of benzene rings is 1. The highest BCUT2D eigenvalue weighted by Crippen LogP contribution is 2.35. The lowest BCUT2D eigenvalue weighted by Gasteiger charge is -2.20. The van der Waals surface area contributed by atoms with E-state index in [1.54, 1.807) is 0 Å². The molecule has 0 aliphatic heterocycles. The summed E-state index contributed by atoms with van der Waals surface area (Å²) in [7, 11) is -5.01. The Bertz CT molecular complexity index is 593. The van der Waals surface area contributed by atoms with Gasteiger partial charge in [-0.25, -0.2) is 8.42 Å². The molecule has 3 nitrogen and oxygen atoms in total. The van der Waals surface area contributed by atoms with Gasteiger partial charge in [-0.2, -0.15) is 26.3 Å². The maximum absolute atomic E-state index is 12.8. The summed E-state index contributed by atoms with van der Waals surface area (Å²) in [6.07, 6.45) is -10.9. The molecular weight excluding hydrogens is 324 g/mol. The lowest BCUT2D eigenvalue weighted by molar-refractivity contribution is -0.137. The number of hydrogen-bond donors (Lipinski definition) is 1. The first-order chi connectivity index (χ1) is 9.40. The summed E-state index contributed by atoms with van der Waals surface area (Å²) in [6.45, 7) is -0.567. The summed E-state index contributed by atoms with van der Waals surface area (Å²) in [5, 5.41) is -2.83. The van der Waals surface area contributed by atoms with Gasteiger partial charge in [-0.05, 0) is 31.2 Å². The molecule has 0 radical (unpaired) electrons. The third kappa shape index (κ3) is 4.10. The maximum Gasteiger partial charge on any atom is 0.416 e. The largest absolute Gasteiger partial charge is 0.416 e. The summed E-state index contributed by atoms with van der Waals surface area (Å²) in [6, 6.07) is 2.19. The van der Waals surface area contributed by atoms with Crippen LogP contribution in [0.5, 0.6) is 0 Å². The number of nitrogens with two attached hydrogens (primary N) is 1. The van der Waals surface area contributed by atoms with Gasteiger partial charge in [0.2, 0.25) is 0 Å². The first-order valence-corrected chi connectivity index (χ1v) is 7.13. The van der Waals surface area contributed by atoms with E-state index in [9.17, 15) is 34.8 Å². The molecule has 1 aromatic rings. The molecule has 0 bridgehead atoms. The van der Waals surface area contributed by atoms with Crippen molar-refractivity contribution >= 4 is 9.84 Å². The lowest BCUT2D eigenvalue weighted by Crippen LogP contribution is -2.38. The molecule has 0 aromatic heterocycles. The van der Waals surface area contributed by atoms with Crippen LogP contribution in [0.3, 0.4) is 0 Å². The summed E-state index contributed by atoms with van der Waals surface area (Å²) >= 11 is 0. The van der Waals surface area contributed by atoms with Gasteiger partial charge in [-0.15, -0.1) is 0 Å². The van der Waals surface area contributed by atoms with E-state index >= 15 is 0 Å². The molecule has 0 saturated carbocycles. The van der Waals surface area contributed by atoms with Gasteiger partial charge in [-0.1, -0.05) is 6.07 Å². The Morgan fingerprint density at radius 1 is 1.10 bits per heavy atom. The van der Waals surface area contributed by atoms with Gasteiger partial charge < -0.3 is 5.73 Å². The smallest absolute Gasteiger partial charge is 0.330 e. The Hall–Kier alpha value is -1.29. The molecule has 0 aliphatic rings. The Morgan fingerprint density at radius 2 is 1.67 bits per heavy atom. The molecule has 1 rings (SSSR count). The fraction of sp³-hybridized carbons (Fsp3) is 0.455. The SMILES string of the molecule is NCCC(C(F)(F)F)S(=O)(=O)c1cccc(C(F)(F)F)c1. The molecule has 120 valence electrons. The lowest BCUT2D eigenvalue weighted by atomic mass is 10.2. The van der Waals surface area contributed by atoms with Crippen LogP contribution in [0.4, 0.5) is 26.3 Å². The van der Waals surface area contributed by atoms with E-state index in [1.165, 1.54) is 0 Å². The molecule has 1 atom stereocenters. The maximum atomic E-state index is 12.8. The van der Waals surface area contributed by atoms with Crippen molar-refractivity contribution in [1.82, 2.24) is 0 Å². The van der Waals surface area contributed by atoms with Gasteiger partial charge in [-0.3, -0.25) is 0 Å². The molecule has 0 saturated heterocycles. The summed E-state index contributed by atoms with van der Waals surface area (Å²) < 4.78 is 99.6. The third-order valence-electron chi connectivity index (χ3n) is 2.66. The van der Waals surface area contributed by atoms with Crippen LogP contribution in [0.15, 0.2) is 29.2 Å². The second-order valence-electron chi connectivity index (χ2n) is 4.18. The van der Waals surface area contributed by atoms with Crippen molar-refractivity contribution in [2.24, 2.45) is 5.73 Å². The monoisotopic (exact) mass is 335 g/mol. The van der Waals surface area contributed by atoms with Crippen molar-refractivity contribution in [1.29, 1.82) is 0 Å². The summed E-state index contributed by atoms with van der Waals surface area (Å²) in [5.74, 6) is 0. The molecule has 0 fully saturated rings. The molecule has 21 heavy (non-hydrogen) atoms. The van der Waals surface area contributed by atoms with Crippen molar-refractivity contribution in [2.45, 2.75) is 28.9 Å². The van der Waals surface area contributed by atoms with Gasteiger partial charge in [0.05, 0.1) is 10.5 Å². The van der Waals surface area contributed by atoms with Crippen molar-refractivity contribution < 1.29 is 34.8 Å². The number of sulfone groups is 1. The second kappa shape index (κ2) is 5.84. The zero-order chi connectivity index (χ0) is 16.5. The average molecular weight is 335 g/mol. The average Bonchev–Trinajstić information content (AvgIpc) is 2.33. The topological polar surface area (TPSA) is 60.2 Å². The van der Waals surface area contributed by atoms with Crippen LogP contribution in [-0.2, 0) is 16.0 Å². The molecule has 1 unspecified atom stereocenters. The molecular formula is C11H11F6NO2S. The van der Waals surface area contributed by atoms with E-state index in [0.29, 0.717) is 12.1 Å². The first kappa shape index (κ1) is 17.8. The number of rotatable bonds is 4. The minimum absolute atomic E-state index is 0.185. The Balaban J connectivity index is 3.36. The van der Waals surface area contributed by atoms with Crippen LogP contribution in [-0.4, -0.2) is 26.4 Å². The minimum atomic E-state index is -5.12. The fourth-order valence-electron chi connectivity index (χ4n) is 1.66. The van der Waals surface area contributed by atoms with Crippen LogP contribution >= 0.6 is 0 Å². The Labute approximate surface area is 116 Å². The van der Waals surface area contributed by atoms with E-state index in [-0.39, 0.29) is 6.07 Å². The minimum Gasteiger partial charge on any atom is -0.330 e. The summed E-state index contributed by atoms with van der Waals surface area (Å²) in [5.41, 5.74) is 3.62. The normalized spacial score (nSPS) is 15.0. The predicted octanol–water partition coefficient (Wildman–Crippen LogP) is 2.76. The van der Waals surface area contributed by atoms with Crippen molar-refractivity contribution in [3.63, 3.8) is 0 Å². The second-order valence-corrected chi connectivity index (χ2v) is 6.31. The summed E-state index contributed by atoms with van der Waals surface area (Å²) in [4.78, 5) is -1.03. The Morgan fingerprint density at radius 3 is 2.10 bits per heavy atom. The van der Waals surface area contributed by atoms with Gasteiger partial charge >= 0.3 is 12.4 Å². The van der Waals surface area contributed by atoms with E-state index < -0.39 is 50.9 Å². The Kier molecular flexibility index (Phi) is 4.94. The van der Waals surface area contributed by atoms with Crippen LogP contribution < -0.4 is 5.73 Å². The van der Waals surface area contributed by atoms with Crippen LogP contribution in [0.1, 0.15) is 12.0 Å². The molecule has 0 amide bonds. The molecule has 0 spiro atoms. The fourth-order valence-corrected chi connectivity index (χ4v) is 3.35. The predicted molar refractivity (Wildman–Crippen MR) is 62.1 cm³/mol. The van der Waals surface area contributed by atoms with Crippen molar-refractivity contribution in [2.75, 3.05) is 6.54 Å². The van der Waals surface area contributed by atoms with E-state index in [4.69, 9.17) is 5.73 Å². The quantitative estimate of drug-likeness (QED) is 0.861. The standard InChI is InChI=1S/C11H11F6NO2S/c12-10(13,14)7-2-1-3-8(6-7)21(19,20)9(4-5-18)11(15,16)17/h1-3,6,9H,4-5,18H2. The van der Waals surface area contributed by atoms with Gasteiger partial charge in [0, 0.05) is 0 Å². The number of hydrogen-bond acceptors (Lipinski definition) is 3. The van der Waals surface area contributed by atoms with Crippen molar-refractivity contribution in [3.8, 4) is 0 Å². The number of halogens is 6. The van der Waals surface area contributed by atoms with Crippen LogP contribution in [0, 0.1) is 0 Å². The van der Waals surface area contributed by atoms with Crippen LogP contribution in [0.2, 0.25) is 0 Å².